The van der Waals surface area contributed by atoms with Gasteiger partial charge in [0.05, 0.1) is 13.0 Å². The Hall–Kier alpha value is -2.13. The lowest BCUT2D eigenvalue weighted by atomic mass is 9.94. The minimum atomic E-state index is -0.328. The van der Waals surface area contributed by atoms with E-state index in [2.05, 4.69) is 44.2 Å². The molecule has 0 heterocycles. The molecule has 0 saturated heterocycles. The molecule has 3 nitrogen and oxygen atoms in total. The number of benzene rings is 2. The number of hydrogen-bond acceptors (Lipinski definition) is 3. The maximum absolute atomic E-state index is 11.5. The van der Waals surface area contributed by atoms with E-state index in [9.17, 15) is 4.79 Å². The van der Waals surface area contributed by atoms with Crippen molar-refractivity contribution in [1.29, 1.82) is 0 Å². The number of rotatable bonds is 5. The van der Waals surface area contributed by atoms with Gasteiger partial charge in [-0.05, 0) is 48.6 Å². The number of esters is 1. The van der Waals surface area contributed by atoms with Crippen molar-refractivity contribution in [1.82, 2.24) is 0 Å². The number of carbonyl (C=O) groups is 1. The Bertz CT molecular complexity index is 627. The molecule has 0 aliphatic heterocycles. The Labute approximate surface area is 132 Å². The van der Waals surface area contributed by atoms with Gasteiger partial charge in [-0.25, -0.2) is 0 Å². The molecule has 0 aliphatic rings. The molecule has 0 radical (unpaired) electrons. The Morgan fingerprint density at radius 2 is 1.68 bits per heavy atom. The molecular weight excluding hydrogens is 274 g/mol. The summed E-state index contributed by atoms with van der Waals surface area (Å²) in [4.78, 5) is 11.5. The standard InChI is InChI=1S/C19H23NO2/c1-4-22-18(21)12-17(20)15-8-10-16(11-9-15)19-13(2)6-5-7-14(19)3/h5-11,17H,4,12,20H2,1-3H3. The summed E-state index contributed by atoms with van der Waals surface area (Å²) in [6.07, 6.45) is 0.205. The van der Waals surface area contributed by atoms with Crippen LogP contribution in [0.25, 0.3) is 11.1 Å². The average molecular weight is 297 g/mol. The molecule has 116 valence electrons. The summed E-state index contributed by atoms with van der Waals surface area (Å²) in [5, 5.41) is 0. The minimum Gasteiger partial charge on any atom is -0.466 e. The van der Waals surface area contributed by atoms with Gasteiger partial charge >= 0.3 is 5.97 Å². The highest BCUT2D eigenvalue weighted by molar-refractivity contribution is 5.72. The smallest absolute Gasteiger partial charge is 0.307 e. The van der Waals surface area contributed by atoms with E-state index in [1.54, 1.807) is 6.92 Å². The zero-order chi connectivity index (χ0) is 16.1. The summed E-state index contributed by atoms with van der Waals surface area (Å²) in [5.41, 5.74) is 12.0. The Morgan fingerprint density at radius 1 is 1.09 bits per heavy atom. The van der Waals surface area contributed by atoms with Gasteiger partial charge in [-0.1, -0.05) is 42.5 Å². The largest absolute Gasteiger partial charge is 0.466 e. The predicted molar refractivity (Wildman–Crippen MR) is 89.5 cm³/mol. The third-order valence-electron chi connectivity index (χ3n) is 3.80. The molecule has 1 atom stereocenters. The van der Waals surface area contributed by atoms with E-state index in [0.29, 0.717) is 6.61 Å². The molecule has 0 amide bonds. The molecule has 0 saturated carbocycles. The van der Waals surface area contributed by atoms with Crippen molar-refractivity contribution >= 4 is 5.97 Å². The molecule has 22 heavy (non-hydrogen) atoms. The predicted octanol–water partition coefficient (Wildman–Crippen LogP) is 3.92. The van der Waals surface area contributed by atoms with Gasteiger partial charge in [0.25, 0.3) is 0 Å². The first-order chi connectivity index (χ1) is 10.5. The normalized spacial score (nSPS) is 12.0. The van der Waals surface area contributed by atoms with E-state index in [1.165, 1.54) is 22.3 Å². The molecule has 0 aromatic heterocycles. The molecule has 0 bridgehead atoms. The quantitative estimate of drug-likeness (QED) is 0.851. The fourth-order valence-electron chi connectivity index (χ4n) is 2.68. The third-order valence-corrected chi connectivity index (χ3v) is 3.80. The number of ether oxygens (including phenoxy) is 1. The number of carbonyl (C=O) groups excluding carboxylic acids is 1. The number of nitrogens with two attached hydrogens (primary N) is 1. The summed E-state index contributed by atoms with van der Waals surface area (Å²) < 4.78 is 4.94. The van der Waals surface area contributed by atoms with Gasteiger partial charge in [-0.15, -0.1) is 0 Å². The van der Waals surface area contributed by atoms with E-state index < -0.39 is 0 Å². The number of hydrogen-bond donors (Lipinski definition) is 1. The van der Waals surface area contributed by atoms with E-state index in [-0.39, 0.29) is 18.4 Å². The van der Waals surface area contributed by atoms with Gasteiger partial charge in [-0.3, -0.25) is 4.79 Å². The summed E-state index contributed by atoms with van der Waals surface area (Å²) in [7, 11) is 0. The lowest BCUT2D eigenvalue weighted by Gasteiger charge is -2.14. The topological polar surface area (TPSA) is 52.3 Å². The first kappa shape index (κ1) is 16.2. The maximum Gasteiger partial charge on any atom is 0.307 e. The summed E-state index contributed by atoms with van der Waals surface area (Å²) in [5.74, 6) is -0.256. The van der Waals surface area contributed by atoms with Crippen molar-refractivity contribution in [2.45, 2.75) is 33.2 Å². The van der Waals surface area contributed by atoms with Crippen LogP contribution in [-0.4, -0.2) is 12.6 Å². The highest BCUT2D eigenvalue weighted by Crippen LogP contribution is 2.28. The second-order valence-electron chi connectivity index (χ2n) is 5.50. The SMILES string of the molecule is CCOC(=O)CC(N)c1ccc(-c2c(C)cccc2C)cc1. The van der Waals surface area contributed by atoms with Crippen LogP contribution in [0.2, 0.25) is 0 Å². The van der Waals surface area contributed by atoms with Gasteiger partial charge in [0.15, 0.2) is 0 Å². The minimum absolute atomic E-state index is 0.205. The molecule has 2 N–H and O–H groups in total. The lowest BCUT2D eigenvalue weighted by molar-refractivity contribution is -0.143. The Kier molecular flexibility index (Phi) is 5.34. The summed E-state index contributed by atoms with van der Waals surface area (Å²) in [6.45, 7) is 6.41. The molecule has 0 aliphatic carbocycles. The van der Waals surface area contributed by atoms with Crippen molar-refractivity contribution in [2.75, 3.05) is 6.61 Å². The number of aryl methyl sites for hydroxylation is 2. The molecule has 2 aromatic carbocycles. The van der Waals surface area contributed by atoms with Crippen LogP contribution >= 0.6 is 0 Å². The third kappa shape index (κ3) is 3.74. The molecule has 1 unspecified atom stereocenters. The van der Waals surface area contributed by atoms with Gasteiger partial charge in [0, 0.05) is 6.04 Å². The van der Waals surface area contributed by atoms with E-state index in [4.69, 9.17) is 10.5 Å². The molecule has 3 heteroatoms. The van der Waals surface area contributed by atoms with Crippen molar-refractivity contribution in [3.05, 3.63) is 59.2 Å². The van der Waals surface area contributed by atoms with Crippen molar-refractivity contribution in [3.63, 3.8) is 0 Å². The summed E-state index contributed by atoms with van der Waals surface area (Å²) >= 11 is 0. The highest BCUT2D eigenvalue weighted by atomic mass is 16.5. The van der Waals surface area contributed by atoms with Crippen LogP contribution in [0.5, 0.6) is 0 Å². The zero-order valence-corrected chi connectivity index (χ0v) is 13.4. The van der Waals surface area contributed by atoms with Crippen LogP contribution in [0, 0.1) is 13.8 Å². The van der Waals surface area contributed by atoms with Crippen LogP contribution in [0.1, 0.15) is 36.1 Å². The lowest BCUT2D eigenvalue weighted by Crippen LogP contribution is -2.17. The van der Waals surface area contributed by atoms with Crippen LogP contribution in [-0.2, 0) is 9.53 Å². The van der Waals surface area contributed by atoms with Gasteiger partial charge in [0.2, 0.25) is 0 Å². The molecule has 0 fully saturated rings. The molecule has 0 spiro atoms. The fourth-order valence-corrected chi connectivity index (χ4v) is 2.68. The van der Waals surface area contributed by atoms with Crippen molar-refractivity contribution in [3.8, 4) is 11.1 Å². The zero-order valence-electron chi connectivity index (χ0n) is 13.4. The monoisotopic (exact) mass is 297 g/mol. The first-order valence-corrected chi connectivity index (χ1v) is 7.60. The molecular formula is C19H23NO2. The van der Waals surface area contributed by atoms with Gasteiger partial charge in [-0.2, -0.15) is 0 Å². The second kappa shape index (κ2) is 7.23. The Morgan fingerprint density at radius 3 is 2.23 bits per heavy atom. The van der Waals surface area contributed by atoms with E-state index in [1.807, 2.05) is 12.1 Å². The van der Waals surface area contributed by atoms with Crippen LogP contribution in [0.4, 0.5) is 0 Å². The first-order valence-electron chi connectivity index (χ1n) is 7.60. The van der Waals surface area contributed by atoms with Crippen LogP contribution in [0.15, 0.2) is 42.5 Å². The van der Waals surface area contributed by atoms with E-state index >= 15 is 0 Å². The average Bonchev–Trinajstić information content (AvgIpc) is 2.48. The van der Waals surface area contributed by atoms with Crippen LogP contribution in [0.3, 0.4) is 0 Å². The van der Waals surface area contributed by atoms with Crippen molar-refractivity contribution in [2.24, 2.45) is 5.73 Å². The molecule has 2 aromatic rings. The second-order valence-corrected chi connectivity index (χ2v) is 5.50. The summed E-state index contributed by atoms with van der Waals surface area (Å²) in [6, 6.07) is 14.1. The molecule has 2 rings (SSSR count). The van der Waals surface area contributed by atoms with E-state index in [0.717, 1.165) is 5.56 Å². The Balaban J connectivity index is 2.18. The van der Waals surface area contributed by atoms with Crippen molar-refractivity contribution < 1.29 is 9.53 Å². The highest BCUT2D eigenvalue weighted by Gasteiger charge is 2.13. The maximum atomic E-state index is 11.5. The fraction of sp³-hybridized carbons (Fsp3) is 0.316. The van der Waals surface area contributed by atoms with Gasteiger partial charge < -0.3 is 10.5 Å². The van der Waals surface area contributed by atoms with Gasteiger partial charge in [0.1, 0.15) is 0 Å². The van der Waals surface area contributed by atoms with Crippen LogP contribution < -0.4 is 5.73 Å².